The van der Waals surface area contributed by atoms with Gasteiger partial charge >= 0.3 is 19.5 Å². The molecule has 0 atom stereocenters. The van der Waals surface area contributed by atoms with Gasteiger partial charge in [-0.15, -0.1) is 10.2 Å². The van der Waals surface area contributed by atoms with Gasteiger partial charge in [-0.25, -0.2) is 9.35 Å². The van der Waals surface area contributed by atoms with Crippen molar-refractivity contribution in [1.29, 1.82) is 0 Å². The smallest absolute Gasteiger partial charge is 0.738 e. The van der Waals surface area contributed by atoms with Crippen LogP contribution in [0.15, 0.2) is 56.9 Å². The van der Waals surface area contributed by atoms with Gasteiger partial charge < -0.3 is 25.3 Å². The van der Waals surface area contributed by atoms with Gasteiger partial charge in [-0.1, -0.05) is 58.5 Å². The number of nitrogens with zero attached hydrogens (tertiary/aromatic N) is 8. The van der Waals surface area contributed by atoms with Crippen molar-refractivity contribution in [2.45, 2.75) is 24.2 Å². The topological polar surface area (TPSA) is 86.1 Å². The predicted molar refractivity (Wildman–Crippen MR) is 140 cm³/mol. The number of aromatic nitrogens is 6. The van der Waals surface area contributed by atoms with Crippen LogP contribution in [0.1, 0.15) is 22.8 Å². The summed E-state index contributed by atoms with van der Waals surface area (Å²) in [5.41, 5.74) is 1.50. The summed E-state index contributed by atoms with van der Waals surface area (Å²) in [5, 5.41) is 26.2. The third-order valence-electron chi connectivity index (χ3n) is 4.09. The van der Waals surface area contributed by atoms with Crippen molar-refractivity contribution in [3.8, 4) is 0 Å². The van der Waals surface area contributed by atoms with Crippen LogP contribution < -0.4 is 0 Å². The van der Waals surface area contributed by atoms with Gasteiger partial charge in [0.1, 0.15) is 11.6 Å². The van der Waals surface area contributed by atoms with Crippen LogP contribution >= 0.6 is 46.4 Å². The summed E-state index contributed by atoms with van der Waals surface area (Å²) in [4.78, 5) is 0. The molecule has 15 heteroatoms. The molecule has 0 fully saturated rings. The van der Waals surface area contributed by atoms with E-state index in [0.717, 1.165) is 11.1 Å². The number of halogens is 4. The SMILES string of the molecule is Cc1nnc([S-])n1N=Cc1ccc(Cl)cc1Cl.Cc1nnc([S-])n1N=Cc1ccc(Cl)cc1Cl.[Zn+2]. The van der Waals surface area contributed by atoms with E-state index in [9.17, 15) is 0 Å². The molecule has 0 bridgehead atoms. The fourth-order valence-electron chi connectivity index (χ4n) is 2.39. The molecule has 0 spiro atoms. The van der Waals surface area contributed by atoms with Crippen LogP contribution in [-0.4, -0.2) is 42.2 Å². The molecule has 0 saturated heterocycles. The molecule has 0 aliphatic heterocycles. The first-order chi connectivity index (χ1) is 16.2. The van der Waals surface area contributed by atoms with Crippen LogP contribution in [0.5, 0.6) is 0 Å². The number of benzene rings is 2. The van der Waals surface area contributed by atoms with E-state index in [0.29, 0.717) is 42.1 Å². The first kappa shape index (κ1) is 29.5. The van der Waals surface area contributed by atoms with Gasteiger partial charge in [-0.05, 0) is 38.1 Å². The zero-order valence-corrected chi connectivity index (χ0v) is 25.9. The number of aryl methyl sites for hydroxylation is 2. The minimum absolute atomic E-state index is 0. The molecule has 4 aromatic rings. The van der Waals surface area contributed by atoms with E-state index in [-0.39, 0.29) is 19.5 Å². The number of hydrogen-bond acceptors (Lipinski definition) is 8. The van der Waals surface area contributed by atoms with Crippen molar-refractivity contribution in [1.82, 2.24) is 29.7 Å². The molecule has 2 heterocycles. The molecule has 176 valence electrons. The molecule has 2 aromatic carbocycles. The molecule has 8 nitrogen and oxygen atoms in total. The molecule has 0 unspecified atom stereocenters. The maximum Gasteiger partial charge on any atom is 2.00 e. The fourth-order valence-corrected chi connectivity index (χ4v) is 3.75. The average molecular weight is 638 g/mol. The second-order valence-corrected chi connectivity index (χ2v) is 8.92. The Labute approximate surface area is 245 Å². The minimum atomic E-state index is 0. The van der Waals surface area contributed by atoms with Crippen LogP contribution in [0.3, 0.4) is 0 Å². The van der Waals surface area contributed by atoms with E-state index >= 15 is 0 Å². The van der Waals surface area contributed by atoms with Crippen molar-refractivity contribution in [3.63, 3.8) is 0 Å². The Bertz CT molecular complexity index is 1230. The van der Waals surface area contributed by atoms with Crippen LogP contribution in [0.25, 0.3) is 0 Å². The van der Waals surface area contributed by atoms with Gasteiger partial charge in [0.15, 0.2) is 0 Å². The standard InChI is InChI=1S/2C10H8Cl2N4S.Zn/c2*1-6-14-15-10(17)16(6)13-5-7-2-3-8(11)4-9(7)12;/h2*2-5H,1H3,(H,15,17);/q;;+2/p-2. The van der Waals surface area contributed by atoms with Gasteiger partial charge in [0.25, 0.3) is 0 Å². The Morgan fingerprint density at radius 1 is 0.686 bits per heavy atom. The summed E-state index contributed by atoms with van der Waals surface area (Å²) < 4.78 is 2.92. The molecule has 4 rings (SSSR count). The van der Waals surface area contributed by atoms with Crippen molar-refractivity contribution in [3.05, 3.63) is 79.3 Å². The maximum atomic E-state index is 6.01. The van der Waals surface area contributed by atoms with Crippen LogP contribution in [0.4, 0.5) is 0 Å². The molecule has 0 amide bonds. The first-order valence-electron chi connectivity index (χ1n) is 9.32. The van der Waals surface area contributed by atoms with Crippen molar-refractivity contribution in [2.75, 3.05) is 0 Å². The molecule has 0 radical (unpaired) electrons. The summed E-state index contributed by atoms with van der Waals surface area (Å²) >= 11 is 33.5. The van der Waals surface area contributed by atoms with Crippen molar-refractivity contribution in [2.24, 2.45) is 10.2 Å². The Hall–Kier alpha value is -1.72. The monoisotopic (exact) mass is 634 g/mol. The summed E-state index contributed by atoms with van der Waals surface area (Å²) in [6.07, 6.45) is 3.18. The van der Waals surface area contributed by atoms with Crippen LogP contribution in [-0.2, 0) is 44.7 Å². The molecule has 0 aliphatic carbocycles. The Morgan fingerprint density at radius 3 is 1.34 bits per heavy atom. The fraction of sp³-hybridized carbons (Fsp3) is 0.100. The third kappa shape index (κ3) is 8.15. The van der Waals surface area contributed by atoms with Crippen LogP contribution in [0, 0.1) is 13.8 Å². The zero-order valence-electron chi connectivity index (χ0n) is 18.2. The molecular formula is C20H14Cl4N8S2Zn. The zero-order chi connectivity index (χ0) is 24.8. The normalized spacial score (nSPS) is 10.9. The average Bonchev–Trinajstić information content (AvgIpc) is 3.28. The molecule has 35 heavy (non-hydrogen) atoms. The van der Waals surface area contributed by atoms with Gasteiger partial charge in [0, 0.05) is 31.5 Å². The first-order valence-corrected chi connectivity index (χ1v) is 11.7. The van der Waals surface area contributed by atoms with E-state index in [1.165, 1.54) is 9.35 Å². The van der Waals surface area contributed by atoms with Gasteiger partial charge in [-0.2, -0.15) is 20.4 Å². The molecule has 0 saturated carbocycles. The third-order valence-corrected chi connectivity index (χ3v) is 5.72. The van der Waals surface area contributed by atoms with Crippen LogP contribution in [0.2, 0.25) is 20.1 Å². The van der Waals surface area contributed by atoms with Crippen molar-refractivity contribution >= 4 is 84.1 Å². The summed E-state index contributed by atoms with van der Waals surface area (Å²) in [7, 11) is 0. The number of hydrogen-bond donors (Lipinski definition) is 0. The second kappa shape index (κ2) is 13.6. The molecule has 0 aliphatic rings. The van der Waals surface area contributed by atoms with Crippen molar-refractivity contribution < 1.29 is 19.5 Å². The summed E-state index contributed by atoms with van der Waals surface area (Å²) in [5.74, 6) is 1.24. The number of rotatable bonds is 4. The largest absolute Gasteiger partial charge is 2.00 e. The second-order valence-electron chi connectivity index (χ2n) is 6.50. The van der Waals surface area contributed by atoms with Gasteiger partial charge in [0.2, 0.25) is 0 Å². The Balaban J connectivity index is 0.000000240. The predicted octanol–water partition coefficient (Wildman–Crippen LogP) is 5.36. The van der Waals surface area contributed by atoms with E-state index in [4.69, 9.17) is 71.7 Å². The molecular weight excluding hydrogens is 624 g/mol. The minimum Gasteiger partial charge on any atom is -0.738 e. The van der Waals surface area contributed by atoms with Gasteiger partial charge in [0.05, 0.1) is 22.5 Å². The van der Waals surface area contributed by atoms with E-state index in [1.54, 1.807) is 62.7 Å². The maximum absolute atomic E-state index is 6.01. The molecule has 0 N–H and O–H groups in total. The quantitative estimate of drug-likeness (QED) is 0.170. The van der Waals surface area contributed by atoms with E-state index in [1.807, 2.05) is 0 Å². The molecule has 2 aromatic heterocycles. The Morgan fingerprint density at radius 2 is 1.06 bits per heavy atom. The van der Waals surface area contributed by atoms with E-state index < -0.39 is 0 Å². The Kier molecular flexibility index (Phi) is 11.4. The van der Waals surface area contributed by atoms with E-state index in [2.05, 4.69) is 30.6 Å². The summed E-state index contributed by atoms with van der Waals surface area (Å²) in [6, 6.07) is 10.3. The van der Waals surface area contributed by atoms with Gasteiger partial charge in [-0.3, -0.25) is 0 Å². The summed E-state index contributed by atoms with van der Waals surface area (Å²) in [6.45, 7) is 3.53.